The Morgan fingerprint density at radius 2 is 1.65 bits per heavy atom. The van der Waals surface area contributed by atoms with E-state index in [1.54, 1.807) is 30.3 Å². The second kappa shape index (κ2) is 9.36. The van der Waals surface area contributed by atoms with E-state index in [-0.39, 0.29) is 11.4 Å². The number of hydrogen-bond acceptors (Lipinski definition) is 5. The van der Waals surface area contributed by atoms with Crippen LogP contribution < -0.4 is 14.8 Å². The molecule has 26 heavy (non-hydrogen) atoms. The molecule has 0 bridgehead atoms. The lowest BCUT2D eigenvalue weighted by Gasteiger charge is -2.14. The van der Waals surface area contributed by atoms with Crippen LogP contribution in [0.1, 0.15) is 6.92 Å². The topological polar surface area (TPSA) is 73.9 Å². The first-order valence-electron chi connectivity index (χ1n) is 7.67. The van der Waals surface area contributed by atoms with Gasteiger partial charge in [0.25, 0.3) is 5.91 Å². The van der Waals surface area contributed by atoms with Crippen molar-refractivity contribution in [2.45, 2.75) is 19.6 Å². The third-order valence-corrected chi connectivity index (χ3v) is 3.11. The van der Waals surface area contributed by atoms with Gasteiger partial charge in [-0.15, -0.1) is 0 Å². The van der Waals surface area contributed by atoms with Crippen molar-refractivity contribution in [1.82, 2.24) is 0 Å². The van der Waals surface area contributed by atoms with Gasteiger partial charge in [-0.05, 0) is 31.2 Å². The standard InChI is InChI=1S/C18H17F2NO5/c1-12(25-13-7-3-2-4-8-13)17(23)24-11-16(22)21-14-9-5-6-10-15(14)26-18(19)20/h2-10,12,18H,11H2,1H3,(H,21,22)/t12-/m1/s1. The van der Waals surface area contributed by atoms with E-state index in [0.717, 1.165) is 0 Å². The van der Waals surface area contributed by atoms with Gasteiger partial charge in [0.2, 0.25) is 0 Å². The Morgan fingerprint density at radius 3 is 2.35 bits per heavy atom. The number of amides is 1. The smallest absolute Gasteiger partial charge is 0.387 e. The number of ether oxygens (including phenoxy) is 3. The summed E-state index contributed by atoms with van der Waals surface area (Å²) in [5.41, 5.74) is 0.0439. The maximum atomic E-state index is 12.3. The van der Waals surface area contributed by atoms with Gasteiger partial charge in [-0.3, -0.25) is 4.79 Å². The highest BCUT2D eigenvalue weighted by Crippen LogP contribution is 2.25. The zero-order chi connectivity index (χ0) is 18.9. The molecule has 2 aromatic rings. The summed E-state index contributed by atoms with van der Waals surface area (Å²) in [6.07, 6.45) is -0.917. The van der Waals surface area contributed by atoms with Crippen LogP contribution in [0.4, 0.5) is 14.5 Å². The number of nitrogens with one attached hydrogen (secondary N) is 1. The average molecular weight is 365 g/mol. The molecular weight excluding hydrogens is 348 g/mol. The molecule has 2 rings (SSSR count). The third kappa shape index (κ3) is 6.04. The normalized spacial score (nSPS) is 11.5. The Balaban J connectivity index is 1.84. The lowest BCUT2D eigenvalue weighted by Crippen LogP contribution is -2.29. The molecule has 0 spiro atoms. The summed E-state index contributed by atoms with van der Waals surface area (Å²) in [6, 6.07) is 14.3. The Kier molecular flexibility index (Phi) is 6.90. The van der Waals surface area contributed by atoms with Crippen LogP contribution in [-0.4, -0.2) is 31.2 Å². The molecule has 0 aliphatic heterocycles. The summed E-state index contributed by atoms with van der Waals surface area (Å²) in [5.74, 6) is -1.14. The monoisotopic (exact) mass is 365 g/mol. The molecule has 0 unspecified atom stereocenters. The number of carbonyl (C=O) groups excluding carboxylic acids is 2. The highest BCUT2D eigenvalue weighted by molar-refractivity contribution is 5.94. The number of carbonyl (C=O) groups is 2. The minimum Gasteiger partial charge on any atom is -0.479 e. The summed E-state index contributed by atoms with van der Waals surface area (Å²) in [7, 11) is 0. The van der Waals surface area contributed by atoms with Crippen LogP contribution >= 0.6 is 0 Å². The molecular formula is C18H17F2NO5. The first kappa shape index (κ1) is 19.2. The maximum absolute atomic E-state index is 12.3. The van der Waals surface area contributed by atoms with Gasteiger partial charge in [0, 0.05) is 0 Å². The van der Waals surface area contributed by atoms with Gasteiger partial charge >= 0.3 is 12.6 Å². The van der Waals surface area contributed by atoms with Crippen LogP contribution in [0.2, 0.25) is 0 Å². The number of esters is 1. The molecule has 0 fully saturated rings. The minimum absolute atomic E-state index is 0.0439. The van der Waals surface area contributed by atoms with E-state index in [4.69, 9.17) is 9.47 Å². The van der Waals surface area contributed by atoms with Gasteiger partial charge < -0.3 is 19.5 Å². The fraction of sp³-hybridized carbons (Fsp3) is 0.222. The van der Waals surface area contributed by atoms with Crippen molar-refractivity contribution in [3.63, 3.8) is 0 Å². The van der Waals surface area contributed by atoms with Crippen LogP contribution in [-0.2, 0) is 14.3 Å². The summed E-state index contributed by atoms with van der Waals surface area (Å²) in [4.78, 5) is 23.7. The molecule has 1 atom stereocenters. The van der Waals surface area contributed by atoms with Gasteiger partial charge in [-0.2, -0.15) is 8.78 Å². The van der Waals surface area contributed by atoms with E-state index in [2.05, 4.69) is 10.1 Å². The van der Waals surface area contributed by atoms with E-state index in [9.17, 15) is 18.4 Å². The third-order valence-electron chi connectivity index (χ3n) is 3.11. The highest BCUT2D eigenvalue weighted by atomic mass is 19.3. The summed E-state index contributed by atoms with van der Waals surface area (Å²) < 4.78 is 39.2. The molecule has 0 aliphatic rings. The first-order valence-corrected chi connectivity index (χ1v) is 7.67. The van der Waals surface area contributed by atoms with Crippen molar-refractivity contribution in [2.24, 2.45) is 0 Å². The number of para-hydroxylation sites is 3. The second-order valence-corrected chi connectivity index (χ2v) is 5.10. The number of halogens is 2. The molecule has 0 aromatic heterocycles. The first-order chi connectivity index (χ1) is 12.5. The number of anilines is 1. The highest BCUT2D eigenvalue weighted by Gasteiger charge is 2.18. The summed E-state index contributed by atoms with van der Waals surface area (Å²) >= 11 is 0. The van der Waals surface area contributed by atoms with Crippen LogP contribution in [0, 0.1) is 0 Å². The molecule has 0 radical (unpaired) electrons. The number of alkyl halides is 2. The molecule has 2 aromatic carbocycles. The molecule has 0 aliphatic carbocycles. The molecule has 0 saturated carbocycles. The SMILES string of the molecule is C[C@@H](Oc1ccccc1)C(=O)OCC(=O)Nc1ccccc1OC(F)F. The van der Waals surface area contributed by atoms with E-state index < -0.39 is 31.2 Å². The lowest BCUT2D eigenvalue weighted by atomic mass is 10.3. The quantitative estimate of drug-likeness (QED) is 0.727. The number of rotatable bonds is 8. The second-order valence-electron chi connectivity index (χ2n) is 5.10. The zero-order valence-electron chi connectivity index (χ0n) is 13.9. The Bertz CT molecular complexity index is 739. The molecule has 0 heterocycles. The van der Waals surface area contributed by atoms with Crippen LogP contribution in [0.15, 0.2) is 54.6 Å². The Labute approximate surface area is 148 Å². The van der Waals surface area contributed by atoms with E-state index in [0.29, 0.717) is 5.75 Å². The van der Waals surface area contributed by atoms with Crippen molar-refractivity contribution in [3.8, 4) is 11.5 Å². The van der Waals surface area contributed by atoms with Crippen LogP contribution in [0.25, 0.3) is 0 Å². The molecule has 6 nitrogen and oxygen atoms in total. The van der Waals surface area contributed by atoms with Crippen LogP contribution in [0.3, 0.4) is 0 Å². The summed E-state index contributed by atoms with van der Waals surface area (Å²) in [6.45, 7) is -2.13. The Hall–Kier alpha value is -3.16. The number of benzene rings is 2. The van der Waals surface area contributed by atoms with Crippen LogP contribution in [0.5, 0.6) is 11.5 Å². The minimum atomic E-state index is -3.03. The lowest BCUT2D eigenvalue weighted by molar-refractivity contribution is -0.153. The van der Waals surface area contributed by atoms with Crippen molar-refractivity contribution in [2.75, 3.05) is 11.9 Å². The number of hydrogen-bond donors (Lipinski definition) is 1. The molecule has 0 saturated heterocycles. The van der Waals surface area contributed by atoms with E-state index in [1.807, 2.05) is 0 Å². The fourth-order valence-corrected chi connectivity index (χ4v) is 1.96. The molecule has 1 N–H and O–H groups in total. The summed E-state index contributed by atoms with van der Waals surface area (Å²) in [5, 5.41) is 2.34. The Morgan fingerprint density at radius 1 is 1.00 bits per heavy atom. The van der Waals surface area contributed by atoms with E-state index >= 15 is 0 Å². The molecule has 1 amide bonds. The van der Waals surface area contributed by atoms with Gasteiger partial charge in [0.1, 0.15) is 11.5 Å². The van der Waals surface area contributed by atoms with Crippen molar-refractivity contribution in [3.05, 3.63) is 54.6 Å². The van der Waals surface area contributed by atoms with Crippen molar-refractivity contribution in [1.29, 1.82) is 0 Å². The van der Waals surface area contributed by atoms with Gasteiger partial charge in [-0.25, -0.2) is 4.79 Å². The van der Waals surface area contributed by atoms with Gasteiger partial charge in [0.15, 0.2) is 12.7 Å². The van der Waals surface area contributed by atoms with Gasteiger partial charge in [0.05, 0.1) is 5.69 Å². The van der Waals surface area contributed by atoms with E-state index in [1.165, 1.54) is 31.2 Å². The predicted molar refractivity (Wildman–Crippen MR) is 89.2 cm³/mol. The molecule has 8 heteroatoms. The fourth-order valence-electron chi connectivity index (χ4n) is 1.96. The zero-order valence-corrected chi connectivity index (χ0v) is 13.9. The van der Waals surface area contributed by atoms with Crippen molar-refractivity contribution >= 4 is 17.6 Å². The largest absolute Gasteiger partial charge is 0.479 e. The predicted octanol–water partition coefficient (Wildman–Crippen LogP) is 3.24. The maximum Gasteiger partial charge on any atom is 0.387 e. The molecule has 138 valence electrons. The average Bonchev–Trinajstić information content (AvgIpc) is 2.61. The van der Waals surface area contributed by atoms with Crippen molar-refractivity contribution < 1.29 is 32.6 Å². The van der Waals surface area contributed by atoms with Gasteiger partial charge in [-0.1, -0.05) is 30.3 Å².